The summed E-state index contributed by atoms with van der Waals surface area (Å²) in [7, 11) is 0. The molecule has 0 saturated heterocycles. The van der Waals surface area contributed by atoms with E-state index in [1.807, 2.05) is 24.3 Å². The molecule has 92 valence electrons. The van der Waals surface area contributed by atoms with Crippen molar-refractivity contribution in [3.8, 4) is 0 Å². The monoisotopic (exact) mass is 284 g/mol. The van der Waals surface area contributed by atoms with Gasteiger partial charge in [-0.2, -0.15) is 0 Å². The van der Waals surface area contributed by atoms with Crippen LogP contribution in [0.2, 0.25) is 0 Å². The lowest BCUT2D eigenvalue weighted by molar-refractivity contribution is 0.425. The summed E-state index contributed by atoms with van der Waals surface area (Å²) in [6.07, 6.45) is 0. The first kappa shape index (κ1) is 12.0. The number of rotatable bonds is 0. The van der Waals surface area contributed by atoms with Gasteiger partial charge >= 0.3 is 0 Å². The average molecular weight is 284 g/mol. The molecule has 1 aliphatic heterocycles. The zero-order chi connectivity index (χ0) is 12.9. The number of benzene rings is 2. The summed E-state index contributed by atoms with van der Waals surface area (Å²) in [6, 6.07) is 7.42. The van der Waals surface area contributed by atoms with Crippen molar-refractivity contribution >= 4 is 23.5 Å². The van der Waals surface area contributed by atoms with Crippen molar-refractivity contribution in [2.75, 3.05) is 0 Å². The fraction of sp³-hybridized carbons (Fsp3) is 0.0769. The fourth-order valence-corrected chi connectivity index (χ4v) is 4.20. The molecule has 1 aliphatic rings. The molecule has 0 aliphatic carbocycles. The molecule has 0 N–H and O–H groups in total. The van der Waals surface area contributed by atoms with Gasteiger partial charge in [0, 0.05) is 20.2 Å². The van der Waals surface area contributed by atoms with Gasteiger partial charge in [0.05, 0.1) is 4.90 Å². The molecule has 0 radical (unpaired) electrons. The number of halogens is 3. The molecule has 0 unspecified atom stereocenters. The topological polar surface area (TPSA) is 0 Å². The Morgan fingerprint density at radius 2 is 1.33 bits per heavy atom. The van der Waals surface area contributed by atoms with Crippen molar-refractivity contribution in [1.82, 2.24) is 0 Å². The zero-order valence-electron chi connectivity index (χ0n) is 9.26. The van der Waals surface area contributed by atoms with Gasteiger partial charge in [0.1, 0.15) is 0 Å². The van der Waals surface area contributed by atoms with Crippen molar-refractivity contribution in [2.24, 2.45) is 0 Å². The summed E-state index contributed by atoms with van der Waals surface area (Å²) in [6.45, 7) is 1.47. The molecule has 0 aromatic heterocycles. The van der Waals surface area contributed by atoms with E-state index in [0.29, 0.717) is 4.90 Å². The first-order valence-corrected chi connectivity index (χ1v) is 6.84. The van der Waals surface area contributed by atoms with Crippen LogP contribution in [0.1, 0.15) is 5.56 Å². The van der Waals surface area contributed by atoms with Crippen LogP contribution in [-0.4, -0.2) is 0 Å². The molecular weight excluding hydrogens is 277 g/mol. The molecule has 0 atom stereocenters. The molecule has 0 spiro atoms. The van der Waals surface area contributed by atoms with E-state index in [1.54, 1.807) is 0 Å². The molecule has 0 bridgehead atoms. The van der Waals surface area contributed by atoms with Crippen molar-refractivity contribution < 1.29 is 13.2 Å². The summed E-state index contributed by atoms with van der Waals surface area (Å²) in [4.78, 5) is 2.44. The fourth-order valence-electron chi connectivity index (χ4n) is 1.78. The van der Waals surface area contributed by atoms with Crippen molar-refractivity contribution in [1.29, 1.82) is 0 Å². The Balaban J connectivity index is 2.25. The van der Waals surface area contributed by atoms with Crippen LogP contribution in [0.4, 0.5) is 13.2 Å². The second kappa shape index (κ2) is 4.24. The largest absolute Gasteiger partial charge is 0.203 e. The van der Waals surface area contributed by atoms with Crippen LogP contribution >= 0.6 is 23.5 Å². The van der Waals surface area contributed by atoms with Gasteiger partial charge in [-0.25, -0.2) is 13.2 Å². The molecule has 0 nitrogen and oxygen atoms in total. The summed E-state index contributed by atoms with van der Waals surface area (Å²) >= 11 is 2.42. The van der Waals surface area contributed by atoms with E-state index in [4.69, 9.17) is 0 Å². The molecule has 1 heterocycles. The maximum atomic E-state index is 13.8. The maximum absolute atomic E-state index is 13.8. The number of hydrogen-bond donors (Lipinski definition) is 0. The highest BCUT2D eigenvalue weighted by molar-refractivity contribution is 8.05. The van der Waals surface area contributed by atoms with E-state index in [0.717, 1.165) is 21.6 Å². The molecule has 0 amide bonds. The minimum absolute atomic E-state index is 0.163. The minimum Gasteiger partial charge on any atom is -0.203 e. The second-order valence-corrected chi connectivity index (χ2v) is 5.98. The molecule has 2 aromatic carbocycles. The van der Waals surface area contributed by atoms with Crippen LogP contribution in [0.5, 0.6) is 0 Å². The number of fused-ring (bicyclic) bond motifs is 2. The van der Waals surface area contributed by atoms with Gasteiger partial charge in [0.15, 0.2) is 17.5 Å². The smallest absolute Gasteiger partial charge is 0.195 e. The average Bonchev–Trinajstić information content (AvgIpc) is 2.41. The van der Waals surface area contributed by atoms with Gasteiger partial charge in [-0.05, 0) is 19.1 Å². The summed E-state index contributed by atoms with van der Waals surface area (Å²) in [5.74, 6) is -3.59. The second-order valence-electron chi connectivity index (χ2n) is 3.88. The zero-order valence-corrected chi connectivity index (χ0v) is 10.9. The van der Waals surface area contributed by atoms with Crippen LogP contribution in [0, 0.1) is 24.4 Å². The first-order chi connectivity index (χ1) is 8.59. The lowest BCUT2D eigenvalue weighted by atomic mass is 10.2. The third-order valence-corrected chi connectivity index (χ3v) is 5.45. The van der Waals surface area contributed by atoms with Gasteiger partial charge in [-0.15, -0.1) is 0 Å². The summed E-state index contributed by atoms with van der Waals surface area (Å²) in [5, 5.41) is 0. The number of hydrogen-bond acceptors (Lipinski definition) is 2. The van der Waals surface area contributed by atoms with Gasteiger partial charge in [0.25, 0.3) is 0 Å². The highest BCUT2D eigenvalue weighted by Crippen LogP contribution is 2.51. The predicted octanol–water partition coefficient (Wildman–Crippen LogP) is 5.03. The van der Waals surface area contributed by atoms with E-state index < -0.39 is 17.5 Å². The molecule has 2 aromatic rings. The van der Waals surface area contributed by atoms with E-state index in [2.05, 4.69) is 0 Å². The van der Waals surface area contributed by atoms with Gasteiger partial charge in [0.2, 0.25) is 0 Å². The molecule has 3 rings (SSSR count). The predicted molar refractivity (Wildman–Crippen MR) is 65.7 cm³/mol. The highest BCUT2D eigenvalue weighted by Gasteiger charge is 2.27. The first-order valence-electron chi connectivity index (χ1n) is 5.21. The van der Waals surface area contributed by atoms with E-state index in [9.17, 15) is 13.2 Å². The van der Waals surface area contributed by atoms with Crippen molar-refractivity contribution in [3.05, 3.63) is 47.3 Å². The standard InChI is InChI=1S/C13H7F3S2/c1-6-9(14)10(15)11(16)13-12(6)17-7-4-2-3-5-8(7)18-13/h2-5H,1H3. The van der Waals surface area contributed by atoms with Crippen LogP contribution in [0.15, 0.2) is 43.8 Å². The minimum atomic E-state index is -1.39. The molecule has 18 heavy (non-hydrogen) atoms. The van der Waals surface area contributed by atoms with Gasteiger partial charge in [-0.3, -0.25) is 0 Å². The lowest BCUT2D eigenvalue weighted by Gasteiger charge is -2.21. The van der Waals surface area contributed by atoms with Gasteiger partial charge < -0.3 is 0 Å². The van der Waals surface area contributed by atoms with E-state index in [-0.39, 0.29) is 10.5 Å². The Morgan fingerprint density at radius 3 is 1.94 bits per heavy atom. The van der Waals surface area contributed by atoms with Crippen molar-refractivity contribution in [2.45, 2.75) is 26.5 Å². The summed E-state index contributed by atoms with van der Waals surface area (Å²) < 4.78 is 40.7. The molecule has 0 saturated carbocycles. The Labute approximate surface area is 111 Å². The molecule has 5 heteroatoms. The Morgan fingerprint density at radius 1 is 0.778 bits per heavy atom. The molecular formula is C13H7F3S2. The SMILES string of the molecule is Cc1c(F)c(F)c(F)c2c1Sc1ccccc1S2. The normalized spacial score (nSPS) is 13.1. The van der Waals surface area contributed by atoms with E-state index in [1.165, 1.54) is 18.7 Å². The quantitative estimate of drug-likeness (QED) is 0.531. The van der Waals surface area contributed by atoms with Crippen LogP contribution < -0.4 is 0 Å². The maximum Gasteiger partial charge on any atom is 0.195 e. The van der Waals surface area contributed by atoms with Crippen LogP contribution in [-0.2, 0) is 0 Å². The van der Waals surface area contributed by atoms with Crippen LogP contribution in [0.3, 0.4) is 0 Å². The lowest BCUT2D eigenvalue weighted by Crippen LogP contribution is -2.03. The van der Waals surface area contributed by atoms with E-state index >= 15 is 0 Å². The Hall–Kier alpha value is -1.07. The third kappa shape index (κ3) is 1.65. The van der Waals surface area contributed by atoms with Crippen LogP contribution in [0.25, 0.3) is 0 Å². The Kier molecular flexibility index (Phi) is 2.83. The summed E-state index contributed by atoms with van der Waals surface area (Å²) in [5.41, 5.74) is 0.163. The third-order valence-electron chi connectivity index (χ3n) is 2.73. The highest BCUT2D eigenvalue weighted by atomic mass is 32.2. The van der Waals surface area contributed by atoms with Crippen molar-refractivity contribution in [3.63, 3.8) is 0 Å². The van der Waals surface area contributed by atoms with Gasteiger partial charge in [-0.1, -0.05) is 35.7 Å². The molecule has 0 fully saturated rings. The Bertz CT molecular complexity index is 597.